The molecule has 34 heavy (non-hydrogen) atoms. The van der Waals surface area contributed by atoms with Crippen LogP contribution < -0.4 is 10.6 Å². The van der Waals surface area contributed by atoms with Crippen LogP contribution >= 0.6 is 0 Å². The molecule has 0 unspecified atom stereocenters. The van der Waals surface area contributed by atoms with Crippen LogP contribution in [0, 0.1) is 0 Å². The Morgan fingerprint density at radius 3 is 2.85 bits per heavy atom. The van der Waals surface area contributed by atoms with Crippen molar-refractivity contribution in [2.75, 3.05) is 46.7 Å². The van der Waals surface area contributed by atoms with E-state index in [0.717, 1.165) is 57.8 Å². The van der Waals surface area contributed by atoms with Gasteiger partial charge in [0.15, 0.2) is 5.82 Å². The van der Waals surface area contributed by atoms with Crippen LogP contribution in [0.2, 0.25) is 0 Å². The normalized spacial score (nSPS) is 12.5. The van der Waals surface area contributed by atoms with Gasteiger partial charge < -0.3 is 29.8 Å². The van der Waals surface area contributed by atoms with E-state index in [4.69, 9.17) is 14.7 Å². The van der Waals surface area contributed by atoms with Gasteiger partial charge in [0, 0.05) is 33.2 Å². The van der Waals surface area contributed by atoms with Crippen molar-refractivity contribution < 1.29 is 9.53 Å². The van der Waals surface area contributed by atoms with Gasteiger partial charge in [-0.1, -0.05) is 6.07 Å². The Kier molecular flexibility index (Phi) is 7.09. The number of H-pyrrole nitrogens is 1. The Bertz CT molecular complexity index is 1290. The molecule has 4 heterocycles. The molecule has 3 N–H and O–H groups in total. The van der Waals surface area contributed by atoms with Gasteiger partial charge in [0.1, 0.15) is 11.2 Å². The maximum Gasteiger partial charge on any atom is 0.234 e. The van der Waals surface area contributed by atoms with Gasteiger partial charge in [-0.15, -0.1) is 0 Å². The molecule has 0 saturated heterocycles. The average molecular weight is 465 g/mol. The fourth-order valence-electron chi connectivity index (χ4n) is 4.16. The first-order chi connectivity index (χ1) is 16.4. The quantitative estimate of drug-likeness (QED) is 0.309. The third-order valence-corrected chi connectivity index (χ3v) is 5.71. The number of rotatable bonds is 10. The van der Waals surface area contributed by atoms with Gasteiger partial charge in [-0.3, -0.25) is 4.79 Å². The van der Waals surface area contributed by atoms with Crippen LogP contribution in [-0.2, 0) is 16.6 Å². The van der Waals surface area contributed by atoms with E-state index in [-0.39, 0.29) is 11.9 Å². The summed E-state index contributed by atoms with van der Waals surface area (Å²) in [6.45, 7) is 0.949. The molecule has 10 nitrogen and oxygen atoms in total. The third kappa shape index (κ3) is 4.87. The first-order valence-corrected chi connectivity index (χ1v) is 11.3. The van der Waals surface area contributed by atoms with E-state index >= 15 is 0 Å². The number of aromatic nitrogens is 5. The lowest BCUT2D eigenvalue weighted by Crippen LogP contribution is -2.36. The number of carbonyl (C=O) groups is 1. The van der Waals surface area contributed by atoms with E-state index in [0.29, 0.717) is 13.2 Å². The molecule has 4 aromatic rings. The number of likely N-dealkylation sites (N-methyl/N-ethyl adjacent to an activating group) is 1. The van der Waals surface area contributed by atoms with Crippen molar-refractivity contribution >= 4 is 33.8 Å². The second kappa shape index (κ2) is 10.2. The van der Waals surface area contributed by atoms with Gasteiger partial charge in [-0.05, 0) is 45.1 Å². The fourth-order valence-corrected chi connectivity index (χ4v) is 4.16. The molecule has 180 valence electrons. The molecule has 0 aromatic carbocycles. The van der Waals surface area contributed by atoms with Gasteiger partial charge >= 0.3 is 0 Å². The SMILES string of the molecule is CNc1nc2[nH]c(-c3cccc([C@H](CCCOC)NC(=O)CN(C)C)n3)cc2c2c1ncn2C. The molecule has 10 heteroatoms. The highest BCUT2D eigenvalue weighted by molar-refractivity contribution is 6.07. The minimum absolute atomic E-state index is 0.0346. The number of imidazole rings is 1. The molecule has 0 aliphatic heterocycles. The number of hydrogen-bond donors (Lipinski definition) is 3. The van der Waals surface area contributed by atoms with Crippen LogP contribution in [0.5, 0.6) is 0 Å². The molecule has 4 rings (SSSR count). The number of fused-ring (bicyclic) bond motifs is 3. The topological polar surface area (TPSA) is 113 Å². The summed E-state index contributed by atoms with van der Waals surface area (Å²) in [6, 6.07) is 7.74. The van der Waals surface area contributed by atoms with E-state index in [1.54, 1.807) is 13.4 Å². The number of methoxy groups -OCH3 is 1. The van der Waals surface area contributed by atoms with E-state index in [1.807, 2.05) is 55.9 Å². The predicted molar refractivity (Wildman–Crippen MR) is 134 cm³/mol. The molecule has 1 amide bonds. The van der Waals surface area contributed by atoms with Crippen LogP contribution in [0.1, 0.15) is 24.6 Å². The summed E-state index contributed by atoms with van der Waals surface area (Å²) in [5.74, 6) is 0.688. The van der Waals surface area contributed by atoms with E-state index in [9.17, 15) is 4.79 Å². The third-order valence-electron chi connectivity index (χ3n) is 5.71. The first-order valence-electron chi connectivity index (χ1n) is 11.3. The van der Waals surface area contributed by atoms with Gasteiger partial charge in [-0.2, -0.15) is 0 Å². The number of pyridine rings is 2. The van der Waals surface area contributed by atoms with Crippen molar-refractivity contribution in [2.24, 2.45) is 7.05 Å². The monoisotopic (exact) mass is 464 g/mol. The summed E-state index contributed by atoms with van der Waals surface area (Å²) in [7, 11) is 9.25. The Morgan fingerprint density at radius 2 is 2.12 bits per heavy atom. The number of ether oxygens (including phenoxy) is 1. The van der Waals surface area contributed by atoms with Crippen LogP contribution in [0.15, 0.2) is 30.6 Å². The number of nitrogens with zero attached hydrogens (tertiary/aromatic N) is 5. The smallest absolute Gasteiger partial charge is 0.234 e. The van der Waals surface area contributed by atoms with E-state index in [2.05, 4.69) is 26.7 Å². The van der Waals surface area contributed by atoms with Crippen molar-refractivity contribution in [2.45, 2.75) is 18.9 Å². The van der Waals surface area contributed by atoms with Crippen LogP contribution in [-0.4, -0.2) is 76.7 Å². The fraction of sp³-hybridized carbons (Fsp3) is 0.417. The zero-order chi connectivity index (χ0) is 24.2. The Morgan fingerprint density at radius 1 is 1.29 bits per heavy atom. The maximum absolute atomic E-state index is 12.5. The van der Waals surface area contributed by atoms with E-state index in [1.165, 1.54) is 0 Å². The number of nitrogens with one attached hydrogen (secondary N) is 3. The van der Waals surface area contributed by atoms with Crippen molar-refractivity contribution in [1.29, 1.82) is 0 Å². The average Bonchev–Trinajstić information content (AvgIpc) is 3.41. The maximum atomic E-state index is 12.5. The van der Waals surface area contributed by atoms with Gasteiger partial charge in [0.25, 0.3) is 0 Å². The molecule has 0 aliphatic rings. The molecular formula is C24H32N8O2. The Hall–Kier alpha value is -3.50. The van der Waals surface area contributed by atoms with Crippen molar-refractivity contribution in [1.82, 2.24) is 34.7 Å². The van der Waals surface area contributed by atoms with Gasteiger partial charge in [-0.25, -0.2) is 15.0 Å². The lowest BCUT2D eigenvalue weighted by molar-refractivity contribution is -0.122. The number of aromatic amines is 1. The van der Waals surface area contributed by atoms with Crippen molar-refractivity contribution in [3.05, 3.63) is 36.3 Å². The highest BCUT2D eigenvalue weighted by Crippen LogP contribution is 2.31. The number of aryl methyl sites for hydroxylation is 1. The lowest BCUT2D eigenvalue weighted by Gasteiger charge is -2.20. The van der Waals surface area contributed by atoms with Crippen molar-refractivity contribution in [3.8, 4) is 11.4 Å². The molecule has 4 aromatic heterocycles. The second-order valence-corrected chi connectivity index (χ2v) is 8.65. The molecule has 0 bridgehead atoms. The molecular weight excluding hydrogens is 432 g/mol. The lowest BCUT2D eigenvalue weighted by atomic mass is 10.1. The van der Waals surface area contributed by atoms with Gasteiger partial charge in [0.05, 0.1) is 41.5 Å². The molecule has 0 saturated carbocycles. The summed E-state index contributed by atoms with van der Waals surface area (Å²) < 4.78 is 7.21. The number of hydrogen-bond acceptors (Lipinski definition) is 7. The minimum atomic E-state index is -0.204. The van der Waals surface area contributed by atoms with Crippen LogP contribution in [0.3, 0.4) is 0 Å². The van der Waals surface area contributed by atoms with Crippen molar-refractivity contribution in [3.63, 3.8) is 0 Å². The van der Waals surface area contributed by atoms with Crippen LogP contribution in [0.25, 0.3) is 33.5 Å². The molecule has 1 atom stereocenters. The summed E-state index contributed by atoms with van der Waals surface area (Å²) in [6.07, 6.45) is 3.34. The number of amides is 1. The number of carbonyl (C=O) groups excluding carboxylic acids is 1. The zero-order valence-electron chi connectivity index (χ0n) is 20.3. The second-order valence-electron chi connectivity index (χ2n) is 8.65. The summed E-state index contributed by atoms with van der Waals surface area (Å²) in [5.41, 5.74) is 5.05. The highest BCUT2D eigenvalue weighted by Gasteiger charge is 2.19. The number of anilines is 1. The summed E-state index contributed by atoms with van der Waals surface area (Å²) >= 11 is 0. The zero-order valence-corrected chi connectivity index (χ0v) is 20.3. The van der Waals surface area contributed by atoms with Crippen LogP contribution in [0.4, 0.5) is 5.82 Å². The highest BCUT2D eigenvalue weighted by atomic mass is 16.5. The largest absolute Gasteiger partial charge is 0.385 e. The molecule has 0 aliphatic carbocycles. The first kappa shape index (κ1) is 23.7. The molecule has 0 radical (unpaired) electrons. The molecule has 0 fully saturated rings. The van der Waals surface area contributed by atoms with E-state index < -0.39 is 0 Å². The minimum Gasteiger partial charge on any atom is -0.385 e. The standard InChI is InChI=1S/C24H32N8O2/c1-25-24-21-22(32(4)14-26-21)15-12-19(29-23(15)30-24)18-9-6-8-16(27-18)17(10-7-11-34-5)28-20(33)13-31(2)3/h6,8-9,12,14,17H,7,10-11,13H2,1-5H3,(H,28,33)(H2,25,29,30)/t17-/m0/s1. The Labute approximate surface area is 198 Å². The Balaban J connectivity index is 1.70. The van der Waals surface area contributed by atoms with Gasteiger partial charge in [0.2, 0.25) is 5.91 Å². The summed E-state index contributed by atoms with van der Waals surface area (Å²) in [5, 5.41) is 7.24. The predicted octanol–water partition coefficient (Wildman–Crippen LogP) is 2.70. The summed E-state index contributed by atoms with van der Waals surface area (Å²) in [4.78, 5) is 31.9. The molecule has 0 spiro atoms.